The second kappa shape index (κ2) is 7.50. The first kappa shape index (κ1) is 15.1. The summed E-state index contributed by atoms with van der Waals surface area (Å²) in [4.78, 5) is 2.31. The summed E-state index contributed by atoms with van der Waals surface area (Å²) in [7, 11) is 0. The van der Waals surface area contributed by atoms with Crippen molar-refractivity contribution in [1.82, 2.24) is 5.32 Å². The normalized spacial score (nSPS) is 16.4. The van der Waals surface area contributed by atoms with Crippen LogP contribution in [0.2, 0.25) is 0 Å². The Balaban J connectivity index is 2.14. The summed E-state index contributed by atoms with van der Waals surface area (Å²) in [6.07, 6.45) is 1.53. The predicted molar refractivity (Wildman–Crippen MR) is 82.4 cm³/mol. The summed E-state index contributed by atoms with van der Waals surface area (Å²) in [5.41, 5.74) is 2.40. The third-order valence-electron chi connectivity index (χ3n) is 3.71. The van der Waals surface area contributed by atoms with Gasteiger partial charge in [0.15, 0.2) is 0 Å². The zero-order valence-electron chi connectivity index (χ0n) is 12.6. The SMILES string of the molecule is CCNCc1ccc(N2CCC(O)CC2)c(OCC)c1. The van der Waals surface area contributed by atoms with Gasteiger partial charge < -0.3 is 20.1 Å². The molecule has 1 aliphatic rings. The van der Waals surface area contributed by atoms with Crippen molar-refractivity contribution in [2.75, 3.05) is 31.1 Å². The van der Waals surface area contributed by atoms with Crippen molar-refractivity contribution in [3.05, 3.63) is 23.8 Å². The number of hydrogen-bond acceptors (Lipinski definition) is 4. The van der Waals surface area contributed by atoms with Gasteiger partial charge in [-0.3, -0.25) is 0 Å². The number of anilines is 1. The molecule has 1 saturated heterocycles. The lowest BCUT2D eigenvalue weighted by atomic mass is 10.1. The molecule has 20 heavy (non-hydrogen) atoms. The number of aliphatic hydroxyl groups is 1. The quantitative estimate of drug-likeness (QED) is 0.837. The van der Waals surface area contributed by atoms with E-state index in [1.165, 1.54) is 5.56 Å². The Kier molecular flexibility index (Phi) is 5.68. The van der Waals surface area contributed by atoms with Gasteiger partial charge in [0.2, 0.25) is 0 Å². The standard InChI is InChI=1S/C16H26N2O2/c1-3-17-12-13-5-6-15(16(11-13)20-4-2)18-9-7-14(19)8-10-18/h5-6,11,14,17,19H,3-4,7-10,12H2,1-2H3. The fourth-order valence-electron chi connectivity index (χ4n) is 2.58. The molecule has 0 radical (unpaired) electrons. The number of benzene rings is 1. The van der Waals surface area contributed by atoms with Crippen LogP contribution >= 0.6 is 0 Å². The van der Waals surface area contributed by atoms with Crippen LogP contribution in [0.4, 0.5) is 5.69 Å². The fourth-order valence-corrected chi connectivity index (χ4v) is 2.58. The Bertz CT molecular complexity index is 415. The van der Waals surface area contributed by atoms with Gasteiger partial charge in [0, 0.05) is 19.6 Å². The van der Waals surface area contributed by atoms with Gasteiger partial charge in [-0.1, -0.05) is 13.0 Å². The maximum Gasteiger partial charge on any atom is 0.142 e. The van der Waals surface area contributed by atoms with Crippen molar-refractivity contribution in [1.29, 1.82) is 0 Å². The minimum atomic E-state index is -0.144. The number of aliphatic hydroxyl groups excluding tert-OH is 1. The summed E-state index contributed by atoms with van der Waals surface area (Å²) in [5, 5.41) is 13.0. The van der Waals surface area contributed by atoms with E-state index in [0.29, 0.717) is 6.61 Å². The molecule has 0 bridgehead atoms. The first-order valence-corrected chi connectivity index (χ1v) is 7.64. The van der Waals surface area contributed by atoms with Crippen molar-refractivity contribution in [3.8, 4) is 5.75 Å². The summed E-state index contributed by atoms with van der Waals surface area (Å²) in [6, 6.07) is 6.44. The Morgan fingerprint density at radius 3 is 2.70 bits per heavy atom. The molecule has 1 aliphatic heterocycles. The summed E-state index contributed by atoms with van der Waals surface area (Å²) in [5.74, 6) is 0.958. The molecule has 2 N–H and O–H groups in total. The van der Waals surface area contributed by atoms with Crippen molar-refractivity contribution in [2.24, 2.45) is 0 Å². The zero-order valence-corrected chi connectivity index (χ0v) is 12.6. The number of rotatable bonds is 6. The lowest BCUT2D eigenvalue weighted by molar-refractivity contribution is 0.145. The Morgan fingerprint density at radius 2 is 2.05 bits per heavy atom. The molecule has 4 heteroatoms. The van der Waals surface area contributed by atoms with Crippen LogP contribution in [-0.4, -0.2) is 37.5 Å². The van der Waals surface area contributed by atoms with Gasteiger partial charge in [0.05, 0.1) is 18.4 Å². The minimum absolute atomic E-state index is 0.144. The summed E-state index contributed by atoms with van der Waals surface area (Å²) < 4.78 is 5.81. The number of piperidine rings is 1. The fraction of sp³-hybridized carbons (Fsp3) is 0.625. The van der Waals surface area contributed by atoms with Gasteiger partial charge in [0.25, 0.3) is 0 Å². The maximum atomic E-state index is 9.62. The van der Waals surface area contributed by atoms with Crippen molar-refractivity contribution in [3.63, 3.8) is 0 Å². The molecule has 0 saturated carbocycles. The van der Waals surface area contributed by atoms with E-state index in [0.717, 1.165) is 50.5 Å². The number of ether oxygens (including phenoxy) is 1. The first-order chi connectivity index (χ1) is 9.74. The average Bonchev–Trinajstić information content (AvgIpc) is 2.47. The van der Waals surface area contributed by atoms with Crippen molar-refractivity contribution in [2.45, 2.75) is 39.3 Å². The predicted octanol–water partition coefficient (Wildman–Crippen LogP) is 2.16. The highest BCUT2D eigenvalue weighted by molar-refractivity contribution is 5.60. The Morgan fingerprint density at radius 1 is 1.30 bits per heavy atom. The molecule has 112 valence electrons. The van der Waals surface area contributed by atoms with Crippen LogP contribution < -0.4 is 15.0 Å². The lowest BCUT2D eigenvalue weighted by Gasteiger charge is -2.32. The number of nitrogens with one attached hydrogen (secondary N) is 1. The molecule has 0 unspecified atom stereocenters. The third kappa shape index (κ3) is 3.87. The van der Waals surface area contributed by atoms with E-state index in [9.17, 15) is 5.11 Å². The largest absolute Gasteiger partial charge is 0.492 e. The molecule has 0 spiro atoms. The molecule has 1 aromatic carbocycles. The molecule has 0 atom stereocenters. The zero-order chi connectivity index (χ0) is 14.4. The molecule has 0 amide bonds. The topological polar surface area (TPSA) is 44.7 Å². The van der Waals surface area contributed by atoms with Crippen LogP contribution in [0.5, 0.6) is 5.75 Å². The average molecular weight is 278 g/mol. The molecule has 1 heterocycles. The monoisotopic (exact) mass is 278 g/mol. The summed E-state index contributed by atoms with van der Waals surface area (Å²) >= 11 is 0. The highest BCUT2D eigenvalue weighted by Crippen LogP contribution is 2.31. The van der Waals surface area contributed by atoms with Crippen LogP contribution in [0.1, 0.15) is 32.3 Å². The molecular formula is C16H26N2O2. The van der Waals surface area contributed by atoms with Gasteiger partial charge >= 0.3 is 0 Å². The molecule has 1 aromatic rings. The van der Waals surface area contributed by atoms with E-state index in [1.54, 1.807) is 0 Å². The van der Waals surface area contributed by atoms with Crippen LogP contribution in [0, 0.1) is 0 Å². The van der Waals surface area contributed by atoms with Crippen LogP contribution in [0.3, 0.4) is 0 Å². The molecule has 0 aliphatic carbocycles. The van der Waals surface area contributed by atoms with E-state index in [2.05, 4.69) is 35.3 Å². The van der Waals surface area contributed by atoms with Crippen LogP contribution in [0.15, 0.2) is 18.2 Å². The van der Waals surface area contributed by atoms with Crippen molar-refractivity contribution < 1.29 is 9.84 Å². The second-order valence-electron chi connectivity index (χ2n) is 5.23. The smallest absolute Gasteiger partial charge is 0.142 e. The van der Waals surface area contributed by atoms with Gasteiger partial charge in [0.1, 0.15) is 5.75 Å². The molecule has 0 aromatic heterocycles. The van der Waals surface area contributed by atoms with Gasteiger partial charge in [-0.2, -0.15) is 0 Å². The lowest BCUT2D eigenvalue weighted by Crippen LogP contribution is -2.36. The second-order valence-corrected chi connectivity index (χ2v) is 5.23. The maximum absolute atomic E-state index is 9.62. The molecule has 1 fully saturated rings. The number of nitrogens with zero attached hydrogens (tertiary/aromatic N) is 1. The van der Waals surface area contributed by atoms with E-state index >= 15 is 0 Å². The first-order valence-electron chi connectivity index (χ1n) is 7.64. The van der Waals surface area contributed by atoms with E-state index in [1.807, 2.05) is 6.92 Å². The van der Waals surface area contributed by atoms with Crippen LogP contribution in [0.25, 0.3) is 0 Å². The Labute approximate surface area is 121 Å². The Hall–Kier alpha value is -1.26. The van der Waals surface area contributed by atoms with E-state index in [4.69, 9.17) is 4.74 Å². The van der Waals surface area contributed by atoms with Gasteiger partial charge in [-0.25, -0.2) is 0 Å². The number of hydrogen-bond donors (Lipinski definition) is 2. The van der Waals surface area contributed by atoms with Gasteiger partial charge in [-0.05, 0) is 44.0 Å². The van der Waals surface area contributed by atoms with Crippen LogP contribution in [-0.2, 0) is 6.54 Å². The highest BCUT2D eigenvalue weighted by atomic mass is 16.5. The van der Waals surface area contributed by atoms with Crippen molar-refractivity contribution >= 4 is 5.69 Å². The molecular weight excluding hydrogens is 252 g/mol. The van der Waals surface area contributed by atoms with E-state index in [-0.39, 0.29) is 6.10 Å². The molecule has 2 rings (SSSR count). The molecule has 4 nitrogen and oxygen atoms in total. The minimum Gasteiger partial charge on any atom is -0.492 e. The third-order valence-corrected chi connectivity index (χ3v) is 3.71. The van der Waals surface area contributed by atoms with E-state index < -0.39 is 0 Å². The highest BCUT2D eigenvalue weighted by Gasteiger charge is 2.20. The van der Waals surface area contributed by atoms with Gasteiger partial charge in [-0.15, -0.1) is 0 Å². The summed E-state index contributed by atoms with van der Waals surface area (Å²) in [6.45, 7) is 8.43.